The molecule has 1 saturated heterocycles. The second kappa shape index (κ2) is 7.38. The quantitative estimate of drug-likeness (QED) is 0.831. The van der Waals surface area contributed by atoms with Gasteiger partial charge < -0.3 is 10.6 Å². The van der Waals surface area contributed by atoms with Gasteiger partial charge in [-0.3, -0.25) is 4.90 Å². The van der Waals surface area contributed by atoms with Gasteiger partial charge in [-0.1, -0.05) is 6.07 Å². The van der Waals surface area contributed by atoms with Crippen LogP contribution in [-0.2, 0) is 12.6 Å². The molecule has 26 heavy (non-hydrogen) atoms. The molecule has 140 valence electrons. The van der Waals surface area contributed by atoms with Gasteiger partial charge in [0.1, 0.15) is 5.82 Å². The lowest BCUT2D eigenvalue weighted by Gasteiger charge is -2.41. The molecule has 1 atom stereocenters. The lowest BCUT2D eigenvalue weighted by atomic mass is 9.91. The van der Waals surface area contributed by atoms with Gasteiger partial charge in [0, 0.05) is 37.9 Å². The number of nitrogens with one attached hydrogen (secondary N) is 2. The minimum Gasteiger partial charge on any atom is -0.339 e. The third kappa shape index (κ3) is 3.77. The summed E-state index contributed by atoms with van der Waals surface area (Å²) in [5.41, 5.74) is 2.41. The highest BCUT2D eigenvalue weighted by Gasteiger charge is 2.33. The minimum atomic E-state index is -4.47. The van der Waals surface area contributed by atoms with Gasteiger partial charge in [0.2, 0.25) is 0 Å². The van der Waals surface area contributed by atoms with Gasteiger partial charge in [-0.15, -0.1) is 12.4 Å². The Kier molecular flexibility index (Phi) is 5.36. The van der Waals surface area contributed by atoms with Crippen molar-refractivity contribution in [3.8, 4) is 0 Å². The van der Waals surface area contributed by atoms with E-state index in [1.165, 1.54) is 11.1 Å². The number of nitrogens with zero attached hydrogens (tertiary/aromatic N) is 3. The summed E-state index contributed by atoms with van der Waals surface area (Å²) < 4.78 is 37.6. The summed E-state index contributed by atoms with van der Waals surface area (Å²) in [6.07, 6.45) is -1.65. The van der Waals surface area contributed by atoms with Crippen LogP contribution in [0.2, 0.25) is 0 Å². The van der Waals surface area contributed by atoms with Crippen molar-refractivity contribution in [1.29, 1.82) is 0 Å². The molecule has 2 aliphatic rings. The normalized spacial score (nSPS) is 19.9. The average molecular weight is 386 g/mol. The van der Waals surface area contributed by atoms with E-state index in [0.717, 1.165) is 50.7 Å². The van der Waals surface area contributed by atoms with E-state index in [2.05, 4.69) is 37.6 Å². The lowest BCUT2D eigenvalue weighted by molar-refractivity contribution is -0.141. The molecule has 0 radical (unpaired) electrons. The second-order valence-corrected chi connectivity index (χ2v) is 6.33. The van der Waals surface area contributed by atoms with Crippen molar-refractivity contribution in [2.24, 2.45) is 0 Å². The summed E-state index contributed by atoms with van der Waals surface area (Å²) in [6.45, 7) is 4.07. The molecule has 0 spiro atoms. The fourth-order valence-corrected chi connectivity index (χ4v) is 3.50. The maximum absolute atomic E-state index is 12.5. The fourth-order valence-electron chi connectivity index (χ4n) is 3.50. The molecule has 9 heteroatoms. The van der Waals surface area contributed by atoms with E-state index in [1.54, 1.807) is 0 Å². The molecule has 0 aliphatic carbocycles. The smallest absolute Gasteiger partial charge is 0.339 e. The van der Waals surface area contributed by atoms with Crippen LogP contribution >= 0.6 is 12.4 Å². The highest BCUT2D eigenvalue weighted by atomic mass is 35.5. The Hall–Kier alpha value is -1.90. The van der Waals surface area contributed by atoms with Crippen molar-refractivity contribution < 1.29 is 13.2 Å². The summed E-state index contributed by atoms with van der Waals surface area (Å²) in [7, 11) is 0. The van der Waals surface area contributed by atoms with Crippen molar-refractivity contribution in [2.75, 3.05) is 31.5 Å². The Labute approximate surface area is 155 Å². The number of hydrogen-bond acceptors (Lipinski definition) is 5. The number of benzene rings is 1. The first-order valence-electron chi connectivity index (χ1n) is 8.24. The van der Waals surface area contributed by atoms with E-state index in [-0.39, 0.29) is 12.4 Å². The minimum absolute atomic E-state index is 0. The van der Waals surface area contributed by atoms with E-state index < -0.39 is 11.9 Å². The van der Waals surface area contributed by atoms with Crippen molar-refractivity contribution in [1.82, 2.24) is 20.2 Å². The van der Waals surface area contributed by atoms with Crippen molar-refractivity contribution >= 4 is 23.9 Å². The van der Waals surface area contributed by atoms with E-state index in [1.807, 2.05) is 6.07 Å². The Morgan fingerprint density at radius 2 is 2.00 bits per heavy atom. The standard InChI is InChI=1S/C17H18F3N5.ClH/c18-17(19,20)15-9-23-16(10-22-15)24-12-1-2-13-11(7-12)3-5-25-6-4-21-8-14(13)25;/h1-2,7,9-10,14,21H,3-6,8H2,(H,23,24);1H. The van der Waals surface area contributed by atoms with Crippen LogP contribution < -0.4 is 10.6 Å². The number of hydrogen-bond donors (Lipinski definition) is 2. The predicted octanol–water partition coefficient (Wildman–Crippen LogP) is 3.16. The van der Waals surface area contributed by atoms with E-state index in [0.29, 0.717) is 11.9 Å². The number of alkyl halides is 3. The van der Waals surface area contributed by atoms with Crippen LogP contribution in [0.5, 0.6) is 0 Å². The van der Waals surface area contributed by atoms with Crippen molar-refractivity contribution in [2.45, 2.75) is 18.6 Å². The van der Waals surface area contributed by atoms with Crippen molar-refractivity contribution in [3.05, 3.63) is 47.4 Å². The highest BCUT2D eigenvalue weighted by molar-refractivity contribution is 5.85. The monoisotopic (exact) mass is 385 g/mol. The molecule has 0 saturated carbocycles. The van der Waals surface area contributed by atoms with Crippen molar-refractivity contribution in [3.63, 3.8) is 0 Å². The maximum Gasteiger partial charge on any atom is 0.434 e. The Morgan fingerprint density at radius 3 is 2.73 bits per heavy atom. The molecule has 2 aromatic rings. The van der Waals surface area contributed by atoms with E-state index >= 15 is 0 Å². The Bertz CT molecular complexity index is 766. The summed E-state index contributed by atoms with van der Waals surface area (Å²) in [5.74, 6) is 0.296. The van der Waals surface area contributed by atoms with Crippen LogP contribution in [0.25, 0.3) is 0 Å². The molecule has 1 aromatic carbocycles. The molecule has 1 aromatic heterocycles. The number of fused-ring (bicyclic) bond motifs is 3. The number of aromatic nitrogens is 2. The Morgan fingerprint density at radius 1 is 1.15 bits per heavy atom. The summed E-state index contributed by atoms with van der Waals surface area (Å²) in [4.78, 5) is 9.72. The molecule has 0 bridgehead atoms. The second-order valence-electron chi connectivity index (χ2n) is 6.33. The molecule has 4 rings (SSSR count). The van der Waals surface area contributed by atoms with Crippen LogP contribution in [0.15, 0.2) is 30.6 Å². The first-order valence-corrected chi connectivity index (χ1v) is 8.24. The zero-order valence-electron chi connectivity index (χ0n) is 13.9. The zero-order valence-corrected chi connectivity index (χ0v) is 14.7. The largest absolute Gasteiger partial charge is 0.434 e. The van der Waals surface area contributed by atoms with Crippen LogP contribution in [0.1, 0.15) is 22.9 Å². The highest BCUT2D eigenvalue weighted by Crippen LogP contribution is 2.33. The van der Waals surface area contributed by atoms with Crippen LogP contribution in [0, 0.1) is 0 Å². The van der Waals surface area contributed by atoms with Gasteiger partial charge >= 0.3 is 6.18 Å². The average Bonchev–Trinajstić information content (AvgIpc) is 2.61. The molecule has 5 nitrogen and oxygen atoms in total. The molecule has 1 unspecified atom stereocenters. The first-order chi connectivity index (χ1) is 12.0. The fraction of sp³-hybridized carbons (Fsp3) is 0.412. The SMILES string of the molecule is Cl.FC(F)(F)c1cnc(Nc2ccc3c(c2)CCN2CCNCC32)cn1. The van der Waals surface area contributed by atoms with E-state index in [9.17, 15) is 13.2 Å². The summed E-state index contributed by atoms with van der Waals surface area (Å²) in [5, 5.41) is 6.46. The van der Waals surface area contributed by atoms with Gasteiger partial charge in [0.05, 0.1) is 12.4 Å². The number of rotatable bonds is 2. The molecule has 2 aliphatic heterocycles. The number of halogens is 4. The Balaban J connectivity index is 0.00000196. The molecular formula is C17H19ClF3N5. The molecule has 3 heterocycles. The van der Waals surface area contributed by atoms with Gasteiger partial charge in [0.25, 0.3) is 0 Å². The van der Waals surface area contributed by atoms with Crippen LogP contribution in [-0.4, -0.2) is 41.0 Å². The zero-order chi connectivity index (χ0) is 17.4. The van der Waals surface area contributed by atoms with Gasteiger partial charge in [-0.25, -0.2) is 9.97 Å². The molecular weight excluding hydrogens is 367 g/mol. The molecule has 2 N–H and O–H groups in total. The maximum atomic E-state index is 12.5. The summed E-state index contributed by atoms with van der Waals surface area (Å²) >= 11 is 0. The molecule has 0 amide bonds. The number of anilines is 2. The summed E-state index contributed by atoms with van der Waals surface area (Å²) in [6, 6.07) is 6.49. The van der Waals surface area contributed by atoms with Crippen LogP contribution in [0.4, 0.5) is 24.7 Å². The van der Waals surface area contributed by atoms with Gasteiger partial charge in [-0.2, -0.15) is 13.2 Å². The van der Waals surface area contributed by atoms with Gasteiger partial charge in [-0.05, 0) is 29.7 Å². The first kappa shape index (κ1) is 18.9. The van der Waals surface area contributed by atoms with Crippen LogP contribution in [0.3, 0.4) is 0 Å². The van der Waals surface area contributed by atoms with Gasteiger partial charge in [0.15, 0.2) is 5.69 Å². The topological polar surface area (TPSA) is 53.1 Å². The third-order valence-electron chi connectivity index (χ3n) is 4.74. The lowest BCUT2D eigenvalue weighted by Crippen LogP contribution is -2.48. The molecule has 1 fully saturated rings. The predicted molar refractivity (Wildman–Crippen MR) is 94.9 cm³/mol. The third-order valence-corrected chi connectivity index (χ3v) is 4.74. The number of piperazine rings is 1. The van der Waals surface area contributed by atoms with E-state index in [4.69, 9.17) is 0 Å².